The van der Waals surface area contributed by atoms with E-state index in [0.29, 0.717) is 0 Å². The van der Waals surface area contributed by atoms with Crippen LogP contribution < -0.4 is 0 Å². The van der Waals surface area contributed by atoms with Crippen LogP contribution in [0.4, 0.5) is 0 Å². The Morgan fingerprint density at radius 2 is 2.62 bits per heavy atom. The highest BCUT2D eigenvalue weighted by atomic mass is 16.6. The molecule has 0 aromatic heterocycles. The van der Waals surface area contributed by atoms with Gasteiger partial charge in [-0.05, 0) is 6.92 Å². The van der Waals surface area contributed by atoms with E-state index in [4.69, 9.17) is 16.3 Å². The number of ether oxygens (including phenoxy) is 1. The third kappa shape index (κ3) is 0.605. The molecule has 0 aromatic carbocycles. The second-order valence-corrected chi connectivity index (χ2v) is 2.04. The van der Waals surface area contributed by atoms with Gasteiger partial charge in [-0.3, -0.25) is 0 Å². The van der Waals surface area contributed by atoms with Crippen molar-refractivity contribution in [2.24, 2.45) is 0 Å². The number of aliphatic hydroxyl groups is 1. The summed E-state index contributed by atoms with van der Waals surface area (Å²) in [6.45, 7) is 1.81. The van der Waals surface area contributed by atoms with Gasteiger partial charge in [0.15, 0.2) is 5.60 Å². The van der Waals surface area contributed by atoms with Crippen LogP contribution in [0.3, 0.4) is 0 Å². The van der Waals surface area contributed by atoms with Gasteiger partial charge in [0.2, 0.25) is 0 Å². The third-order valence-electron chi connectivity index (χ3n) is 1.40. The summed E-state index contributed by atoms with van der Waals surface area (Å²) in [7, 11) is 0. The standard InChI is InChI=1S/C6H8O2/c1-3-6(2)5(4-7)8-6/h1,5,7H,4H2,2H3. The summed E-state index contributed by atoms with van der Waals surface area (Å²) in [6, 6.07) is 0. The van der Waals surface area contributed by atoms with Gasteiger partial charge in [-0.25, -0.2) is 0 Å². The predicted molar refractivity (Wildman–Crippen MR) is 29.2 cm³/mol. The van der Waals surface area contributed by atoms with Crippen LogP contribution in [0.15, 0.2) is 0 Å². The van der Waals surface area contributed by atoms with Crippen molar-refractivity contribution in [3.63, 3.8) is 0 Å². The van der Waals surface area contributed by atoms with Gasteiger partial charge in [-0.1, -0.05) is 5.92 Å². The van der Waals surface area contributed by atoms with Gasteiger partial charge < -0.3 is 9.84 Å². The van der Waals surface area contributed by atoms with Crippen molar-refractivity contribution >= 4 is 0 Å². The molecule has 1 rings (SSSR count). The minimum absolute atomic E-state index is 0.0285. The summed E-state index contributed by atoms with van der Waals surface area (Å²) in [5.41, 5.74) is -0.464. The number of rotatable bonds is 1. The van der Waals surface area contributed by atoms with Gasteiger partial charge in [0.25, 0.3) is 0 Å². The molecule has 8 heavy (non-hydrogen) atoms. The Hall–Kier alpha value is -0.520. The summed E-state index contributed by atoms with van der Waals surface area (Å²) in [4.78, 5) is 0. The Labute approximate surface area is 48.5 Å². The molecule has 1 aliphatic rings. The molecule has 2 unspecified atom stereocenters. The molecule has 0 radical (unpaired) electrons. The molecule has 0 aliphatic carbocycles. The molecule has 2 nitrogen and oxygen atoms in total. The van der Waals surface area contributed by atoms with E-state index in [1.54, 1.807) is 6.92 Å². The first-order valence-electron chi connectivity index (χ1n) is 2.49. The molecule has 1 N–H and O–H groups in total. The molecule has 0 spiro atoms. The van der Waals surface area contributed by atoms with Crippen LogP contribution in [0.2, 0.25) is 0 Å². The van der Waals surface area contributed by atoms with E-state index in [9.17, 15) is 0 Å². The zero-order chi connectivity index (χ0) is 6.20. The summed E-state index contributed by atoms with van der Waals surface area (Å²) in [6.07, 6.45) is 4.93. The lowest BCUT2D eigenvalue weighted by atomic mass is 10.1. The maximum atomic E-state index is 8.45. The molecule has 2 atom stereocenters. The van der Waals surface area contributed by atoms with Gasteiger partial charge in [0, 0.05) is 0 Å². The third-order valence-corrected chi connectivity index (χ3v) is 1.40. The summed E-state index contributed by atoms with van der Waals surface area (Å²) in [5, 5.41) is 8.45. The maximum Gasteiger partial charge on any atom is 0.154 e. The minimum atomic E-state index is -0.464. The summed E-state index contributed by atoms with van der Waals surface area (Å²) < 4.78 is 4.92. The van der Waals surface area contributed by atoms with Crippen molar-refractivity contribution in [3.05, 3.63) is 0 Å². The number of aliphatic hydroxyl groups excluding tert-OH is 1. The average Bonchev–Trinajstić information content (AvgIpc) is 2.44. The highest BCUT2D eigenvalue weighted by molar-refractivity contribution is 5.19. The maximum absolute atomic E-state index is 8.45. The average molecular weight is 112 g/mol. The number of terminal acetylenes is 1. The zero-order valence-electron chi connectivity index (χ0n) is 4.72. The fraction of sp³-hybridized carbons (Fsp3) is 0.667. The molecule has 1 heterocycles. The number of hydrogen-bond donors (Lipinski definition) is 1. The molecule has 0 amide bonds. The van der Waals surface area contributed by atoms with Crippen molar-refractivity contribution in [2.75, 3.05) is 6.61 Å². The largest absolute Gasteiger partial charge is 0.394 e. The Balaban J connectivity index is 2.46. The lowest BCUT2D eigenvalue weighted by Crippen LogP contribution is -2.08. The Morgan fingerprint density at radius 3 is 2.75 bits per heavy atom. The second-order valence-electron chi connectivity index (χ2n) is 2.04. The van der Waals surface area contributed by atoms with Crippen LogP contribution in [0.25, 0.3) is 0 Å². The zero-order valence-corrected chi connectivity index (χ0v) is 4.72. The van der Waals surface area contributed by atoms with E-state index in [-0.39, 0.29) is 12.7 Å². The Bertz CT molecular complexity index is 136. The summed E-state index contributed by atoms with van der Waals surface area (Å²) >= 11 is 0. The molecule has 0 bridgehead atoms. The van der Waals surface area contributed by atoms with Crippen molar-refractivity contribution in [1.29, 1.82) is 0 Å². The molecule has 2 heteroatoms. The molecule has 0 aromatic rings. The highest BCUT2D eigenvalue weighted by Gasteiger charge is 2.50. The van der Waals surface area contributed by atoms with Crippen molar-refractivity contribution in [2.45, 2.75) is 18.6 Å². The topological polar surface area (TPSA) is 32.8 Å². The van der Waals surface area contributed by atoms with E-state index in [2.05, 4.69) is 5.92 Å². The normalized spacial score (nSPS) is 43.4. The van der Waals surface area contributed by atoms with Crippen LogP contribution in [0, 0.1) is 12.3 Å². The van der Waals surface area contributed by atoms with Crippen LogP contribution in [-0.4, -0.2) is 23.4 Å². The van der Waals surface area contributed by atoms with Crippen molar-refractivity contribution < 1.29 is 9.84 Å². The van der Waals surface area contributed by atoms with Gasteiger partial charge in [-0.2, -0.15) is 0 Å². The van der Waals surface area contributed by atoms with Gasteiger partial charge in [0.1, 0.15) is 6.10 Å². The molecule has 44 valence electrons. The molecular weight excluding hydrogens is 104 g/mol. The lowest BCUT2D eigenvalue weighted by Gasteiger charge is -1.87. The van der Waals surface area contributed by atoms with E-state index in [1.165, 1.54) is 0 Å². The molecule has 1 fully saturated rings. The number of hydrogen-bond acceptors (Lipinski definition) is 2. The fourth-order valence-electron chi connectivity index (χ4n) is 0.600. The molecule has 1 aliphatic heterocycles. The Morgan fingerprint density at radius 1 is 2.00 bits per heavy atom. The minimum Gasteiger partial charge on any atom is -0.394 e. The first-order valence-corrected chi connectivity index (χ1v) is 2.49. The van der Waals surface area contributed by atoms with Crippen molar-refractivity contribution in [3.8, 4) is 12.3 Å². The van der Waals surface area contributed by atoms with Gasteiger partial charge in [0.05, 0.1) is 6.61 Å². The second kappa shape index (κ2) is 1.48. The van der Waals surface area contributed by atoms with Crippen LogP contribution in [0.5, 0.6) is 0 Å². The smallest absolute Gasteiger partial charge is 0.154 e. The van der Waals surface area contributed by atoms with E-state index >= 15 is 0 Å². The molecule has 0 saturated carbocycles. The predicted octanol–water partition coefficient (Wildman–Crippen LogP) is -0.231. The van der Waals surface area contributed by atoms with E-state index in [1.807, 2.05) is 0 Å². The first-order chi connectivity index (χ1) is 3.73. The lowest BCUT2D eigenvalue weighted by molar-refractivity contribution is 0.240. The van der Waals surface area contributed by atoms with Crippen LogP contribution >= 0.6 is 0 Å². The van der Waals surface area contributed by atoms with Crippen molar-refractivity contribution in [1.82, 2.24) is 0 Å². The summed E-state index contributed by atoms with van der Waals surface area (Å²) in [5.74, 6) is 2.43. The van der Waals surface area contributed by atoms with Gasteiger partial charge in [-0.15, -0.1) is 6.42 Å². The number of epoxide rings is 1. The van der Waals surface area contributed by atoms with Crippen LogP contribution in [-0.2, 0) is 4.74 Å². The quantitative estimate of drug-likeness (QED) is 0.375. The van der Waals surface area contributed by atoms with Gasteiger partial charge >= 0.3 is 0 Å². The SMILES string of the molecule is C#CC1(C)OC1CO. The highest BCUT2D eigenvalue weighted by Crippen LogP contribution is 2.34. The van der Waals surface area contributed by atoms with E-state index in [0.717, 1.165) is 0 Å². The first kappa shape index (κ1) is 5.61. The Kier molecular flexibility index (Phi) is 1.04. The van der Waals surface area contributed by atoms with Crippen LogP contribution in [0.1, 0.15) is 6.92 Å². The monoisotopic (exact) mass is 112 g/mol. The fourth-order valence-corrected chi connectivity index (χ4v) is 0.600. The van der Waals surface area contributed by atoms with E-state index < -0.39 is 5.60 Å². The molecule has 1 saturated heterocycles. The molecular formula is C6H8O2.